The van der Waals surface area contributed by atoms with E-state index in [1.165, 1.54) is 4.68 Å². The highest BCUT2D eigenvalue weighted by Crippen LogP contribution is 2.32. The first kappa shape index (κ1) is 23.8. The van der Waals surface area contributed by atoms with Crippen LogP contribution in [0.25, 0.3) is 17.1 Å². The third-order valence-electron chi connectivity index (χ3n) is 4.89. The van der Waals surface area contributed by atoms with E-state index in [0.717, 1.165) is 11.3 Å². The molecule has 0 saturated carbocycles. The minimum Gasteiger partial charge on any atom is -0.322 e. The Morgan fingerprint density at radius 3 is 2.33 bits per heavy atom. The largest absolute Gasteiger partial charge is 0.322 e. The van der Waals surface area contributed by atoms with E-state index >= 15 is 0 Å². The van der Waals surface area contributed by atoms with Crippen molar-refractivity contribution in [3.05, 3.63) is 91.1 Å². The molecule has 0 aliphatic rings. The summed E-state index contributed by atoms with van der Waals surface area (Å²) >= 11 is 30.6. The number of hydrogen-bond donors (Lipinski definition) is 1. The zero-order valence-corrected chi connectivity index (χ0v) is 21.0. The van der Waals surface area contributed by atoms with E-state index < -0.39 is 0 Å². The Bertz CT molecular complexity index is 1410. The minimum absolute atomic E-state index is 0.155. The van der Waals surface area contributed by atoms with Crippen LogP contribution in [0.1, 0.15) is 5.56 Å². The molecule has 168 valence electrons. The zero-order chi connectivity index (χ0) is 23.7. The molecule has 0 saturated heterocycles. The van der Waals surface area contributed by atoms with Gasteiger partial charge in [-0.05, 0) is 61.1 Å². The summed E-state index contributed by atoms with van der Waals surface area (Å²) in [6, 6.07) is 17.8. The first-order chi connectivity index (χ1) is 15.8. The zero-order valence-electron chi connectivity index (χ0n) is 17.2. The number of carbonyl (C=O) groups is 1. The van der Waals surface area contributed by atoms with Gasteiger partial charge in [-0.3, -0.25) is 9.36 Å². The van der Waals surface area contributed by atoms with Crippen molar-refractivity contribution in [3.63, 3.8) is 0 Å². The first-order valence-corrected chi connectivity index (χ1v) is 11.6. The molecule has 1 heterocycles. The molecule has 0 bridgehead atoms. The molecule has 10 heteroatoms. The van der Waals surface area contributed by atoms with E-state index in [1.54, 1.807) is 41.0 Å². The van der Waals surface area contributed by atoms with Gasteiger partial charge < -0.3 is 5.32 Å². The van der Waals surface area contributed by atoms with Crippen LogP contribution in [0.4, 0.5) is 5.69 Å². The van der Waals surface area contributed by atoms with Crippen LogP contribution >= 0.6 is 58.6 Å². The third kappa shape index (κ3) is 4.95. The fraction of sp³-hybridized carbons (Fsp3) is 0.0870. The van der Waals surface area contributed by atoms with Crippen molar-refractivity contribution in [2.75, 3.05) is 5.32 Å². The first-order valence-electron chi connectivity index (χ1n) is 9.71. The van der Waals surface area contributed by atoms with Gasteiger partial charge in [0.25, 0.3) is 0 Å². The molecule has 5 nitrogen and oxygen atoms in total. The standard InChI is InChI=1S/C23H16Cl4N4OS/c1-13-5-2-3-8-19(13)31-22(15-10-9-14(24)11-18(15)27)29-30(23(31)33)12-20(32)28-21-16(25)6-4-7-17(21)26/h2-11H,12H2,1H3,(H,28,32). The van der Waals surface area contributed by atoms with Gasteiger partial charge in [-0.15, -0.1) is 0 Å². The van der Waals surface area contributed by atoms with E-state index in [9.17, 15) is 4.79 Å². The van der Waals surface area contributed by atoms with Crippen LogP contribution in [0.2, 0.25) is 20.1 Å². The second kappa shape index (κ2) is 9.87. The van der Waals surface area contributed by atoms with Gasteiger partial charge in [-0.25, -0.2) is 4.68 Å². The van der Waals surface area contributed by atoms with Gasteiger partial charge in [0.1, 0.15) is 6.54 Å². The van der Waals surface area contributed by atoms with Crippen molar-refractivity contribution in [2.45, 2.75) is 13.5 Å². The van der Waals surface area contributed by atoms with Gasteiger partial charge in [-0.2, -0.15) is 5.10 Å². The molecule has 4 rings (SSSR count). The number of nitrogens with zero attached hydrogens (tertiary/aromatic N) is 3. The Morgan fingerprint density at radius 1 is 0.970 bits per heavy atom. The second-order valence-corrected chi connectivity index (χ2v) is 9.18. The number of aromatic nitrogens is 3. The Morgan fingerprint density at radius 2 is 1.67 bits per heavy atom. The molecule has 1 aromatic heterocycles. The number of carbonyl (C=O) groups excluding carboxylic acids is 1. The van der Waals surface area contributed by atoms with E-state index in [0.29, 0.717) is 41.9 Å². The number of rotatable bonds is 5. The van der Waals surface area contributed by atoms with E-state index in [2.05, 4.69) is 10.4 Å². The summed E-state index contributed by atoms with van der Waals surface area (Å²) in [5.74, 6) is 0.101. The maximum atomic E-state index is 12.8. The van der Waals surface area contributed by atoms with Crippen LogP contribution in [-0.2, 0) is 11.3 Å². The molecule has 4 aromatic rings. The Hall–Kier alpha value is -2.35. The minimum atomic E-state index is -0.385. The smallest absolute Gasteiger partial charge is 0.246 e. The molecule has 0 unspecified atom stereocenters. The Labute approximate surface area is 215 Å². The monoisotopic (exact) mass is 536 g/mol. The van der Waals surface area contributed by atoms with Crippen LogP contribution in [0.5, 0.6) is 0 Å². The lowest BCUT2D eigenvalue weighted by molar-refractivity contribution is -0.116. The Kier molecular flexibility index (Phi) is 7.12. The predicted octanol–water partition coefficient (Wildman–Crippen LogP) is 7.63. The van der Waals surface area contributed by atoms with Gasteiger partial charge in [0.05, 0.1) is 26.4 Å². The van der Waals surface area contributed by atoms with Crippen LogP contribution in [0.15, 0.2) is 60.7 Å². The molecule has 0 aliphatic carbocycles. The summed E-state index contributed by atoms with van der Waals surface area (Å²) in [6.45, 7) is 1.81. The number of amides is 1. The molecule has 1 N–H and O–H groups in total. The molecule has 3 aromatic carbocycles. The van der Waals surface area contributed by atoms with Crippen molar-refractivity contribution in [1.82, 2.24) is 14.3 Å². The topological polar surface area (TPSA) is 51.9 Å². The summed E-state index contributed by atoms with van der Waals surface area (Å²) < 4.78 is 3.54. The maximum Gasteiger partial charge on any atom is 0.246 e. The van der Waals surface area contributed by atoms with E-state index in [4.69, 9.17) is 58.6 Å². The van der Waals surface area contributed by atoms with Crippen LogP contribution in [0.3, 0.4) is 0 Å². The molecule has 0 atom stereocenters. The van der Waals surface area contributed by atoms with Crippen molar-refractivity contribution in [1.29, 1.82) is 0 Å². The lowest BCUT2D eigenvalue weighted by atomic mass is 10.1. The van der Waals surface area contributed by atoms with E-state index in [-0.39, 0.29) is 12.5 Å². The summed E-state index contributed by atoms with van der Waals surface area (Å²) in [4.78, 5) is 12.8. The van der Waals surface area contributed by atoms with Gasteiger partial charge in [0, 0.05) is 10.6 Å². The summed E-state index contributed by atoms with van der Waals surface area (Å²) in [5.41, 5.74) is 2.76. The number of nitrogens with one attached hydrogen (secondary N) is 1. The average molecular weight is 538 g/mol. The normalized spacial score (nSPS) is 10.9. The lowest BCUT2D eigenvalue weighted by Crippen LogP contribution is -2.20. The highest BCUT2D eigenvalue weighted by atomic mass is 35.5. The van der Waals surface area contributed by atoms with Crippen molar-refractivity contribution < 1.29 is 4.79 Å². The van der Waals surface area contributed by atoms with Crippen molar-refractivity contribution in [2.24, 2.45) is 0 Å². The Balaban J connectivity index is 1.79. The fourth-order valence-electron chi connectivity index (χ4n) is 3.32. The lowest BCUT2D eigenvalue weighted by Gasteiger charge is -2.11. The number of benzene rings is 3. The fourth-order valence-corrected chi connectivity index (χ4v) is 4.59. The highest BCUT2D eigenvalue weighted by molar-refractivity contribution is 7.71. The number of para-hydroxylation sites is 2. The number of anilines is 1. The molecule has 0 spiro atoms. The quantitative estimate of drug-likeness (QED) is 0.266. The third-order valence-corrected chi connectivity index (χ3v) is 6.46. The van der Waals surface area contributed by atoms with Crippen LogP contribution in [-0.4, -0.2) is 20.3 Å². The van der Waals surface area contributed by atoms with Gasteiger partial charge in [0.2, 0.25) is 10.7 Å². The molecule has 1 amide bonds. The number of aryl methyl sites for hydroxylation is 1. The van der Waals surface area contributed by atoms with E-state index in [1.807, 2.05) is 31.2 Å². The summed E-state index contributed by atoms with van der Waals surface area (Å²) in [7, 11) is 0. The molecule has 0 fully saturated rings. The van der Waals surface area contributed by atoms with Crippen LogP contribution < -0.4 is 5.32 Å². The second-order valence-electron chi connectivity index (χ2n) is 7.15. The molecular formula is C23H16Cl4N4OS. The molecular weight excluding hydrogens is 522 g/mol. The number of halogens is 4. The maximum absolute atomic E-state index is 12.8. The van der Waals surface area contributed by atoms with Crippen molar-refractivity contribution in [3.8, 4) is 17.1 Å². The predicted molar refractivity (Wildman–Crippen MR) is 138 cm³/mol. The average Bonchev–Trinajstić information content (AvgIpc) is 3.07. The highest BCUT2D eigenvalue weighted by Gasteiger charge is 2.20. The summed E-state index contributed by atoms with van der Waals surface area (Å²) in [6.07, 6.45) is 0. The number of hydrogen-bond acceptors (Lipinski definition) is 3. The van der Waals surface area contributed by atoms with Gasteiger partial charge >= 0.3 is 0 Å². The van der Waals surface area contributed by atoms with Gasteiger partial charge in [-0.1, -0.05) is 70.7 Å². The summed E-state index contributed by atoms with van der Waals surface area (Å²) in [5, 5.41) is 8.94. The van der Waals surface area contributed by atoms with Gasteiger partial charge in [0.15, 0.2) is 5.82 Å². The van der Waals surface area contributed by atoms with Crippen LogP contribution in [0, 0.1) is 11.7 Å². The molecule has 33 heavy (non-hydrogen) atoms. The van der Waals surface area contributed by atoms with Crippen molar-refractivity contribution >= 4 is 70.2 Å². The SMILES string of the molecule is Cc1ccccc1-n1c(-c2ccc(Cl)cc2Cl)nn(CC(=O)Nc2c(Cl)cccc2Cl)c1=S. The molecule has 0 aliphatic heterocycles. The molecule has 0 radical (unpaired) electrons.